The maximum atomic E-state index is 5.96. The van der Waals surface area contributed by atoms with Gasteiger partial charge in [0.2, 0.25) is 0 Å². The molecular weight excluding hydrogens is 175 g/mol. The van der Waals surface area contributed by atoms with E-state index in [4.69, 9.17) is 11.6 Å². The predicted octanol–water partition coefficient (Wildman–Crippen LogP) is 3.65. The van der Waals surface area contributed by atoms with Crippen LogP contribution in [0.15, 0.2) is 42.5 Å². The summed E-state index contributed by atoms with van der Waals surface area (Å²) in [6.45, 7) is 0. The summed E-state index contributed by atoms with van der Waals surface area (Å²) in [4.78, 5) is 0. The Balaban J connectivity index is 0.000000720. The van der Waals surface area contributed by atoms with Crippen molar-refractivity contribution >= 4 is 22.4 Å². The van der Waals surface area contributed by atoms with Crippen LogP contribution in [0.25, 0.3) is 10.8 Å². The van der Waals surface area contributed by atoms with Crippen molar-refractivity contribution in [3.63, 3.8) is 0 Å². The summed E-state index contributed by atoms with van der Waals surface area (Å²) in [6.07, 6.45) is 0. The van der Waals surface area contributed by atoms with Gasteiger partial charge in [0.1, 0.15) is 0 Å². The van der Waals surface area contributed by atoms with Crippen LogP contribution in [-0.4, -0.2) is 0 Å². The quantitative estimate of drug-likeness (QED) is 0.584. The zero-order valence-electron chi connectivity index (χ0n) is 6.33. The Morgan fingerprint density at radius 3 is 2.25 bits per heavy atom. The van der Waals surface area contributed by atoms with Crippen LogP contribution in [0, 0.1) is 0 Å². The molecule has 0 nitrogen and oxygen atoms in total. The van der Waals surface area contributed by atoms with Crippen LogP contribution in [0.3, 0.4) is 0 Å². The number of hydrogen-bond donors (Lipinski definition) is 0. The van der Waals surface area contributed by atoms with Crippen LogP contribution in [0.2, 0.25) is 5.02 Å². The van der Waals surface area contributed by atoms with Crippen molar-refractivity contribution in [2.75, 3.05) is 0 Å². The molecule has 0 aromatic heterocycles. The lowest BCUT2D eigenvalue weighted by Crippen LogP contribution is -1.70. The maximum Gasteiger partial charge on any atom is 0.0484 e. The molecule has 0 aliphatic rings. The Kier molecular flexibility index (Phi) is 2.66. The fourth-order valence-electron chi connectivity index (χ4n) is 1.19. The number of hydrogen-bond acceptors (Lipinski definition) is 0. The summed E-state index contributed by atoms with van der Waals surface area (Å²) in [7, 11) is 0. The third kappa shape index (κ3) is 1.41. The fourth-order valence-corrected chi connectivity index (χ4v) is 1.43. The summed E-state index contributed by atoms with van der Waals surface area (Å²) < 4.78 is 0. The van der Waals surface area contributed by atoms with Gasteiger partial charge >= 0.3 is 0 Å². The van der Waals surface area contributed by atoms with Gasteiger partial charge in [0.25, 0.3) is 0 Å². The van der Waals surface area contributed by atoms with Crippen LogP contribution < -0.4 is 0 Å². The molecule has 0 N–H and O–H groups in total. The summed E-state index contributed by atoms with van der Waals surface area (Å²) in [5, 5.41) is 3.14. The van der Waals surface area contributed by atoms with E-state index in [-0.39, 0.29) is 4.70 Å². The second kappa shape index (κ2) is 3.55. The Hall–Kier alpha value is -1.08. The molecule has 0 unspecified atom stereocenters. The Morgan fingerprint density at radius 1 is 0.833 bits per heavy atom. The molecular formula is C10H8ClF. The Morgan fingerprint density at radius 2 is 1.50 bits per heavy atom. The number of fused-ring (bicyclic) bond motifs is 1. The van der Waals surface area contributed by atoms with Crippen molar-refractivity contribution in [2.45, 2.75) is 0 Å². The van der Waals surface area contributed by atoms with E-state index in [9.17, 15) is 0 Å². The van der Waals surface area contributed by atoms with Gasteiger partial charge in [0.05, 0.1) is 0 Å². The zero-order chi connectivity index (χ0) is 7.68. The first-order valence-electron chi connectivity index (χ1n) is 3.51. The number of benzene rings is 2. The second-order valence-electron chi connectivity index (χ2n) is 2.46. The van der Waals surface area contributed by atoms with E-state index in [2.05, 4.69) is 12.1 Å². The zero-order valence-corrected chi connectivity index (χ0v) is 7.08. The van der Waals surface area contributed by atoms with Crippen LogP contribution in [0.5, 0.6) is 0 Å². The first-order valence-corrected chi connectivity index (χ1v) is 3.89. The van der Waals surface area contributed by atoms with Gasteiger partial charge in [-0.15, -0.1) is 0 Å². The Labute approximate surface area is 75.1 Å². The van der Waals surface area contributed by atoms with Gasteiger partial charge in [-0.25, -0.2) is 0 Å². The molecule has 0 amide bonds. The molecule has 2 heteroatoms. The molecule has 0 aliphatic carbocycles. The molecule has 0 bridgehead atoms. The topological polar surface area (TPSA) is 0 Å². The predicted molar refractivity (Wildman–Crippen MR) is 51.5 cm³/mol. The lowest BCUT2D eigenvalue weighted by Gasteiger charge is -1.97. The molecule has 2 aromatic carbocycles. The van der Waals surface area contributed by atoms with E-state index in [1.165, 1.54) is 5.39 Å². The third-order valence-corrected chi connectivity index (χ3v) is 2.07. The van der Waals surface area contributed by atoms with Crippen LogP contribution in [-0.2, 0) is 0 Å². The molecule has 0 saturated heterocycles. The molecule has 0 saturated carbocycles. The fraction of sp³-hybridized carbons (Fsp3) is 0. The lowest BCUT2D eigenvalue weighted by molar-refractivity contribution is 1.11. The van der Waals surface area contributed by atoms with Gasteiger partial charge in [-0.05, 0) is 11.5 Å². The molecule has 0 atom stereocenters. The molecule has 0 radical (unpaired) electrons. The van der Waals surface area contributed by atoms with Gasteiger partial charge in [-0.1, -0.05) is 48.0 Å². The molecule has 12 heavy (non-hydrogen) atoms. The van der Waals surface area contributed by atoms with Gasteiger partial charge in [-0.3, -0.25) is 4.70 Å². The van der Waals surface area contributed by atoms with Crippen molar-refractivity contribution in [1.82, 2.24) is 0 Å². The maximum absolute atomic E-state index is 5.96. The van der Waals surface area contributed by atoms with Gasteiger partial charge < -0.3 is 0 Å². The smallest absolute Gasteiger partial charge is 0.0484 e. The lowest BCUT2D eigenvalue weighted by atomic mass is 10.1. The largest absolute Gasteiger partial charge is 0.269 e. The van der Waals surface area contributed by atoms with Crippen molar-refractivity contribution < 1.29 is 4.70 Å². The highest BCUT2D eigenvalue weighted by Gasteiger charge is 1.93. The number of halogens is 2. The van der Waals surface area contributed by atoms with Crippen molar-refractivity contribution in [3.05, 3.63) is 47.5 Å². The third-order valence-electron chi connectivity index (χ3n) is 1.74. The van der Waals surface area contributed by atoms with Gasteiger partial charge in [0.15, 0.2) is 0 Å². The molecule has 0 aliphatic heterocycles. The van der Waals surface area contributed by atoms with E-state index in [0.717, 1.165) is 10.4 Å². The second-order valence-corrected chi connectivity index (χ2v) is 2.87. The standard InChI is InChI=1S/C10H7Cl.FH/c11-10-7-3-5-8-4-1-2-6-9(8)10;/h1-7H;1H. The summed E-state index contributed by atoms with van der Waals surface area (Å²) in [5.41, 5.74) is 0. The highest BCUT2D eigenvalue weighted by Crippen LogP contribution is 2.21. The average molecular weight is 183 g/mol. The van der Waals surface area contributed by atoms with Crippen LogP contribution in [0.4, 0.5) is 4.70 Å². The minimum absolute atomic E-state index is 0. The first kappa shape index (κ1) is 9.01. The van der Waals surface area contributed by atoms with E-state index in [0.29, 0.717) is 0 Å². The van der Waals surface area contributed by atoms with Gasteiger partial charge in [-0.2, -0.15) is 0 Å². The molecule has 0 heterocycles. The van der Waals surface area contributed by atoms with Crippen LogP contribution >= 0.6 is 11.6 Å². The van der Waals surface area contributed by atoms with Crippen molar-refractivity contribution in [1.29, 1.82) is 0 Å². The highest BCUT2D eigenvalue weighted by molar-refractivity contribution is 6.35. The number of rotatable bonds is 0. The Bertz CT molecular complexity index is 379. The van der Waals surface area contributed by atoms with Crippen molar-refractivity contribution in [2.24, 2.45) is 0 Å². The van der Waals surface area contributed by atoms with E-state index in [1.54, 1.807) is 0 Å². The highest BCUT2D eigenvalue weighted by atomic mass is 35.5. The summed E-state index contributed by atoms with van der Waals surface area (Å²) in [5.74, 6) is 0. The van der Waals surface area contributed by atoms with Crippen molar-refractivity contribution in [3.8, 4) is 0 Å². The molecule has 2 rings (SSSR count). The summed E-state index contributed by atoms with van der Waals surface area (Å²) in [6, 6.07) is 14.0. The molecule has 0 fully saturated rings. The SMILES string of the molecule is Clc1cccc2ccccc12.F. The van der Waals surface area contributed by atoms with Gasteiger partial charge in [0, 0.05) is 10.4 Å². The van der Waals surface area contributed by atoms with E-state index < -0.39 is 0 Å². The minimum Gasteiger partial charge on any atom is -0.269 e. The van der Waals surface area contributed by atoms with E-state index >= 15 is 0 Å². The monoisotopic (exact) mass is 182 g/mol. The average Bonchev–Trinajstić information content (AvgIpc) is 2.06. The normalized spacial score (nSPS) is 9.42. The first-order chi connectivity index (χ1) is 5.38. The summed E-state index contributed by atoms with van der Waals surface area (Å²) >= 11 is 5.96. The molecule has 0 spiro atoms. The van der Waals surface area contributed by atoms with E-state index in [1.807, 2.05) is 30.3 Å². The minimum atomic E-state index is 0. The molecule has 2 aromatic rings. The molecule has 62 valence electrons. The van der Waals surface area contributed by atoms with Crippen LogP contribution in [0.1, 0.15) is 0 Å².